The molecule has 1 aliphatic rings. The van der Waals surface area contributed by atoms with Crippen LogP contribution in [-0.2, 0) is 6.54 Å². The topological polar surface area (TPSA) is 40.1 Å². The fourth-order valence-electron chi connectivity index (χ4n) is 2.40. The Kier molecular flexibility index (Phi) is 3.53. The molecule has 0 aromatic carbocycles. The summed E-state index contributed by atoms with van der Waals surface area (Å²) in [6.45, 7) is 9.46. The lowest BCUT2D eigenvalue weighted by Crippen LogP contribution is -2.55. The molecule has 96 valence electrons. The van der Waals surface area contributed by atoms with Gasteiger partial charge in [0.25, 0.3) is 0 Å². The fourth-order valence-corrected chi connectivity index (χ4v) is 2.66. The molecule has 2 rings (SSSR count). The highest BCUT2D eigenvalue weighted by Gasteiger charge is 2.28. The zero-order valence-corrected chi connectivity index (χ0v) is 11.8. The van der Waals surface area contributed by atoms with E-state index in [1.54, 1.807) is 0 Å². The summed E-state index contributed by atoms with van der Waals surface area (Å²) < 4.78 is 2.77. The van der Waals surface area contributed by atoms with Gasteiger partial charge in [-0.1, -0.05) is 0 Å². The zero-order valence-electron chi connectivity index (χ0n) is 11.0. The van der Waals surface area contributed by atoms with Crippen LogP contribution in [0.1, 0.15) is 20.8 Å². The average Bonchev–Trinajstić information content (AvgIpc) is 2.66. The van der Waals surface area contributed by atoms with Crippen molar-refractivity contribution in [2.75, 3.05) is 25.0 Å². The Labute approximate surface area is 107 Å². The van der Waals surface area contributed by atoms with Gasteiger partial charge in [-0.25, -0.2) is 5.10 Å². The summed E-state index contributed by atoms with van der Waals surface area (Å²) in [5.41, 5.74) is 0. The van der Waals surface area contributed by atoms with Crippen molar-refractivity contribution < 1.29 is 0 Å². The number of anilines is 1. The van der Waals surface area contributed by atoms with Gasteiger partial charge in [-0.05, 0) is 40.0 Å². The van der Waals surface area contributed by atoms with Crippen molar-refractivity contribution in [3.8, 4) is 0 Å². The van der Waals surface area contributed by atoms with Crippen molar-refractivity contribution in [1.29, 1.82) is 0 Å². The number of piperazine rings is 1. The van der Waals surface area contributed by atoms with Crippen molar-refractivity contribution >= 4 is 18.2 Å². The number of hydrogen-bond acceptors (Lipinski definition) is 4. The van der Waals surface area contributed by atoms with E-state index >= 15 is 0 Å². The number of aromatic amines is 1. The Morgan fingerprint density at radius 2 is 1.94 bits per heavy atom. The second kappa shape index (κ2) is 4.78. The van der Waals surface area contributed by atoms with E-state index in [-0.39, 0.29) is 0 Å². The summed E-state index contributed by atoms with van der Waals surface area (Å²) in [5.74, 6) is 0.976. The molecule has 0 saturated carbocycles. The Bertz CT molecular complexity index is 425. The van der Waals surface area contributed by atoms with Gasteiger partial charge in [-0.2, -0.15) is 0 Å². The maximum absolute atomic E-state index is 5.23. The van der Waals surface area contributed by atoms with Crippen LogP contribution in [0.25, 0.3) is 0 Å². The molecule has 1 aromatic rings. The molecule has 0 bridgehead atoms. The van der Waals surface area contributed by atoms with Crippen LogP contribution in [0.15, 0.2) is 0 Å². The van der Waals surface area contributed by atoms with Crippen LogP contribution in [0, 0.1) is 4.77 Å². The Morgan fingerprint density at radius 3 is 2.47 bits per heavy atom. The molecule has 0 aliphatic carbocycles. The number of aromatic nitrogens is 3. The zero-order chi connectivity index (χ0) is 12.6. The minimum absolute atomic E-state index is 0.536. The molecule has 2 atom stereocenters. The molecular formula is C11H21N5S. The summed E-state index contributed by atoms with van der Waals surface area (Å²) in [6.07, 6.45) is 0. The van der Waals surface area contributed by atoms with Crippen LogP contribution in [0.2, 0.25) is 0 Å². The van der Waals surface area contributed by atoms with Gasteiger partial charge in [0.15, 0.2) is 4.77 Å². The molecule has 1 aromatic heterocycles. The van der Waals surface area contributed by atoms with Gasteiger partial charge in [0.05, 0.1) is 0 Å². The number of H-pyrrole nitrogens is 1. The molecule has 0 spiro atoms. The smallest absolute Gasteiger partial charge is 0.225 e. The minimum Gasteiger partial charge on any atom is -0.338 e. The standard InChI is InChI=1S/C11H21N5S/c1-5-16-10(12-13-11(16)17)15-6-8(2)14(4)9(3)7-15/h8-9H,5-7H2,1-4H3,(H,13,17). The van der Waals surface area contributed by atoms with E-state index in [4.69, 9.17) is 12.2 Å². The van der Waals surface area contributed by atoms with E-state index in [2.05, 4.69) is 52.4 Å². The molecule has 2 unspecified atom stereocenters. The van der Waals surface area contributed by atoms with Crippen molar-refractivity contribution in [3.63, 3.8) is 0 Å². The first-order valence-corrected chi connectivity index (χ1v) is 6.57. The highest BCUT2D eigenvalue weighted by Crippen LogP contribution is 2.19. The number of rotatable bonds is 2. The largest absolute Gasteiger partial charge is 0.338 e. The van der Waals surface area contributed by atoms with Gasteiger partial charge in [0.2, 0.25) is 5.95 Å². The molecule has 0 radical (unpaired) electrons. The van der Waals surface area contributed by atoms with E-state index < -0.39 is 0 Å². The molecule has 1 N–H and O–H groups in total. The Balaban J connectivity index is 2.26. The molecule has 6 heteroatoms. The fraction of sp³-hybridized carbons (Fsp3) is 0.818. The molecular weight excluding hydrogens is 234 g/mol. The molecule has 1 saturated heterocycles. The summed E-state index contributed by atoms with van der Waals surface area (Å²) in [5, 5.41) is 7.24. The van der Waals surface area contributed by atoms with Crippen LogP contribution < -0.4 is 4.90 Å². The van der Waals surface area contributed by atoms with E-state index in [1.165, 1.54) is 0 Å². The van der Waals surface area contributed by atoms with Gasteiger partial charge >= 0.3 is 0 Å². The summed E-state index contributed by atoms with van der Waals surface area (Å²) in [4.78, 5) is 4.74. The van der Waals surface area contributed by atoms with Crippen molar-refractivity contribution in [2.45, 2.75) is 39.4 Å². The van der Waals surface area contributed by atoms with Crippen molar-refractivity contribution in [2.24, 2.45) is 0 Å². The molecule has 1 fully saturated rings. The third-order valence-electron chi connectivity index (χ3n) is 3.70. The third-order valence-corrected chi connectivity index (χ3v) is 4.01. The van der Waals surface area contributed by atoms with E-state index in [0.717, 1.165) is 25.6 Å². The monoisotopic (exact) mass is 255 g/mol. The second-order valence-electron chi connectivity index (χ2n) is 4.84. The van der Waals surface area contributed by atoms with E-state index in [1.807, 2.05) is 0 Å². The van der Waals surface area contributed by atoms with E-state index in [9.17, 15) is 0 Å². The number of hydrogen-bond donors (Lipinski definition) is 1. The normalized spacial score (nSPS) is 26.5. The average molecular weight is 255 g/mol. The number of nitrogens with one attached hydrogen (secondary N) is 1. The highest BCUT2D eigenvalue weighted by atomic mass is 32.1. The Morgan fingerprint density at radius 1 is 1.35 bits per heavy atom. The first kappa shape index (κ1) is 12.6. The van der Waals surface area contributed by atoms with Crippen LogP contribution in [0.4, 0.5) is 5.95 Å². The first-order valence-electron chi connectivity index (χ1n) is 6.16. The minimum atomic E-state index is 0.536. The molecule has 1 aliphatic heterocycles. The molecule has 5 nitrogen and oxygen atoms in total. The molecule has 2 heterocycles. The van der Waals surface area contributed by atoms with Crippen LogP contribution in [0.3, 0.4) is 0 Å². The summed E-state index contributed by atoms with van der Waals surface area (Å²) in [7, 11) is 2.18. The maximum atomic E-state index is 5.23. The van der Waals surface area contributed by atoms with Gasteiger partial charge in [0.1, 0.15) is 0 Å². The first-order chi connectivity index (χ1) is 8.04. The Hall–Kier alpha value is -0.880. The predicted molar refractivity (Wildman–Crippen MR) is 72.0 cm³/mol. The lowest BCUT2D eigenvalue weighted by atomic mass is 10.1. The predicted octanol–water partition coefficient (Wildman–Crippen LogP) is 1.49. The van der Waals surface area contributed by atoms with Crippen LogP contribution in [-0.4, -0.2) is 51.9 Å². The van der Waals surface area contributed by atoms with Gasteiger partial charge in [-0.3, -0.25) is 9.47 Å². The van der Waals surface area contributed by atoms with Crippen molar-refractivity contribution in [1.82, 2.24) is 19.7 Å². The van der Waals surface area contributed by atoms with E-state index in [0.29, 0.717) is 16.9 Å². The van der Waals surface area contributed by atoms with Crippen LogP contribution in [0.5, 0.6) is 0 Å². The molecule has 17 heavy (non-hydrogen) atoms. The summed E-state index contributed by atoms with van der Waals surface area (Å²) >= 11 is 5.23. The lowest BCUT2D eigenvalue weighted by Gasteiger charge is -2.42. The number of likely N-dealkylation sites (N-methyl/N-ethyl adjacent to an activating group) is 1. The van der Waals surface area contributed by atoms with Gasteiger partial charge < -0.3 is 4.90 Å². The quantitative estimate of drug-likeness (QED) is 0.813. The lowest BCUT2D eigenvalue weighted by molar-refractivity contribution is 0.168. The van der Waals surface area contributed by atoms with Gasteiger partial charge in [-0.15, -0.1) is 5.10 Å². The van der Waals surface area contributed by atoms with Crippen LogP contribution >= 0.6 is 12.2 Å². The van der Waals surface area contributed by atoms with Gasteiger partial charge in [0, 0.05) is 31.7 Å². The van der Waals surface area contributed by atoms with Crippen molar-refractivity contribution in [3.05, 3.63) is 4.77 Å². The molecule has 0 amide bonds. The summed E-state index contributed by atoms with van der Waals surface area (Å²) in [6, 6.07) is 1.07. The maximum Gasteiger partial charge on any atom is 0.225 e. The third kappa shape index (κ3) is 2.24. The second-order valence-corrected chi connectivity index (χ2v) is 5.23. The SMILES string of the molecule is CCn1c(N2CC(C)N(C)C(C)C2)n[nH]c1=S. The number of nitrogens with zero attached hydrogens (tertiary/aromatic N) is 4. The highest BCUT2D eigenvalue weighted by molar-refractivity contribution is 7.71.